The molecule has 182 valence electrons. The summed E-state index contributed by atoms with van der Waals surface area (Å²) < 4.78 is 11.5. The van der Waals surface area contributed by atoms with Crippen molar-refractivity contribution in [3.05, 3.63) is 92.0 Å². The molecule has 1 amide bonds. The molecule has 8 nitrogen and oxygen atoms in total. The maximum atomic E-state index is 12.1. The normalized spacial score (nSPS) is 10.8. The number of nitro benzene ring substituents is 1. The van der Waals surface area contributed by atoms with E-state index in [1.165, 1.54) is 30.1 Å². The number of hydrazone groups is 1. The molecule has 0 heterocycles. The van der Waals surface area contributed by atoms with Gasteiger partial charge in [0.25, 0.3) is 5.69 Å². The van der Waals surface area contributed by atoms with Crippen molar-refractivity contribution in [2.75, 3.05) is 12.4 Å². The van der Waals surface area contributed by atoms with Gasteiger partial charge in [-0.05, 0) is 66.6 Å². The third kappa shape index (κ3) is 8.17. The number of non-ortho nitro benzene ring substituents is 1. The van der Waals surface area contributed by atoms with Crippen molar-refractivity contribution >= 4 is 52.8 Å². The lowest BCUT2D eigenvalue weighted by molar-refractivity contribution is -0.384. The van der Waals surface area contributed by atoms with Crippen LogP contribution < -0.4 is 14.9 Å². The molecule has 3 aromatic rings. The van der Waals surface area contributed by atoms with Crippen LogP contribution in [0.5, 0.6) is 11.5 Å². The van der Waals surface area contributed by atoms with E-state index in [0.29, 0.717) is 33.7 Å². The van der Waals surface area contributed by atoms with E-state index in [2.05, 4.69) is 10.5 Å². The molecule has 0 aliphatic heterocycles. The van der Waals surface area contributed by atoms with E-state index < -0.39 is 4.92 Å². The third-order valence-corrected chi connectivity index (χ3v) is 5.99. The van der Waals surface area contributed by atoms with E-state index in [9.17, 15) is 14.9 Å². The van der Waals surface area contributed by atoms with Gasteiger partial charge in [0.2, 0.25) is 5.91 Å². The second-order valence-corrected chi connectivity index (χ2v) is 8.90. The number of nitro groups is 1. The van der Waals surface area contributed by atoms with E-state index in [-0.39, 0.29) is 24.0 Å². The topological polar surface area (TPSA) is 103 Å². The summed E-state index contributed by atoms with van der Waals surface area (Å²) in [4.78, 5) is 23.3. The Balaban J connectivity index is 1.60. The van der Waals surface area contributed by atoms with Crippen molar-refractivity contribution in [1.29, 1.82) is 0 Å². The van der Waals surface area contributed by atoms with Crippen LogP contribution in [0.2, 0.25) is 10.0 Å². The van der Waals surface area contributed by atoms with E-state index in [0.717, 1.165) is 10.5 Å². The Kier molecular flexibility index (Phi) is 9.77. The molecule has 0 unspecified atom stereocenters. The molecular formula is C24H21Cl2N3O5S. The van der Waals surface area contributed by atoms with E-state index in [1.54, 1.807) is 36.4 Å². The van der Waals surface area contributed by atoms with Crippen LogP contribution >= 0.6 is 35.0 Å². The molecule has 0 saturated carbocycles. The molecule has 0 spiro atoms. The highest BCUT2D eigenvalue weighted by molar-refractivity contribution is 8.00. The molecule has 0 fully saturated rings. The first kappa shape index (κ1) is 26.3. The number of hydrogen-bond donors (Lipinski definition) is 1. The minimum absolute atomic E-state index is 0.00101. The van der Waals surface area contributed by atoms with E-state index >= 15 is 0 Å². The zero-order valence-electron chi connectivity index (χ0n) is 18.6. The summed E-state index contributed by atoms with van der Waals surface area (Å²) in [6, 6.07) is 16.6. The zero-order valence-corrected chi connectivity index (χ0v) is 20.9. The van der Waals surface area contributed by atoms with Crippen molar-refractivity contribution in [1.82, 2.24) is 5.43 Å². The minimum atomic E-state index is -0.462. The lowest BCUT2D eigenvalue weighted by Gasteiger charge is -2.14. The molecule has 1 N–H and O–H groups in total. The Morgan fingerprint density at radius 3 is 2.49 bits per heavy atom. The van der Waals surface area contributed by atoms with Gasteiger partial charge < -0.3 is 9.47 Å². The first-order chi connectivity index (χ1) is 16.9. The van der Waals surface area contributed by atoms with Crippen LogP contribution in [0.25, 0.3) is 0 Å². The number of benzene rings is 3. The number of carbonyl (C=O) groups excluding carboxylic acids is 1. The molecule has 0 atom stereocenters. The second kappa shape index (κ2) is 13.0. The van der Waals surface area contributed by atoms with Crippen LogP contribution in [0.1, 0.15) is 18.1 Å². The first-order valence-corrected chi connectivity index (χ1v) is 12.1. The van der Waals surface area contributed by atoms with Crippen LogP contribution in [0, 0.1) is 10.1 Å². The van der Waals surface area contributed by atoms with Crippen LogP contribution in [0.15, 0.2) is 70.7 Å². The molecule has 3 aromatic carbocycles. The largest absolute Gasteiger partial charge is 0.490 e. The van der Waals surface area contributed by atoms with Gasteiger partial charge in [0.15, 0.2) is 11.5 Å². The van der Waals surface area contributed by atoms with Gasteiger partial charge in [-0.1, -0.05) is 23.2 Å². The SMILES string of the molecule is CCOc1cc(/C=N\NC(=O)CSc2ccc(Cl)cc2)cc(Cl)c1OCc1ccc([N+](=O)[O-])cc1. The summed E-state index contributed by atoms with van der Waals surface area (Å²) >= 11 is 13.6. The fourth-order valence-electron chi connectivity index (χ4n) is 2.83. The molecular weight excluding hydrogens is 513 g/mol. The molecule has 0 radical (unpaired) electrons. The number of halogens is 2. The van der Waals surface area contributed by atoms with Crippen molar-refractivity contribution in [2.24, 2.45) is 5.10 Å². The predicted octanol–water partition coefficient (Wildman–Crippen LogP) is 6.12. The van der Waals surface area contributed by atoms with Gasteiger partial charge in [-0.25, -0.2) is 5.43 Å². The van der Waals surface area contributed by atoms with Gasteiger partial charge in [-0.15, -0.1) is 11.8 Å². The standard InChI is InChI=1S/C24H21Cl2N3O5S/c1-2-33-22-12-17(13-27-28-23(30)15-35-20-9-5-18(25)6-10-20)11-21(26)24(22)34-14-16-3-7-19(8-4-16)29(31)32/h3-13H,2,14-15H2,1H3,(H,28,30)/b27-13-. The molecule has 0 saturated heterocycles. The Morgan fingerprint density at radius 1 is 1.11 bits per heavy atom. The second-order valence-electron chi connectivity index (χ2n) is 7.01. The number of carbonyl (C=O) groups is 1. The Labute approximate surface area is 216 Å². The number of rotatable bonds is 11. The third-order valence-electron chi connectivity index (χ3n) is 4.45. The number of amides is 1. The minimum Gasteiger partial charge on any atom is -0.490 e. The van der Waals surface area contributed by atoms with Gasteiger partial charge in [0.05, 0.1) is 28.5 Å². The average molecular weight is 534 g/mol. The van der Waals surface area contributed by atoms with Gasteiger partial charge in [0, 0.05) is 22.1 Å². The highest BCUT2D eigenvalue weighted by atomic mass is 35.5. The summed E-state index contributed by atoms with van der Waals surface area (Å²) in [7, 11) is 0. The first-order valence-electron chi connectivity index (χ1n) is 10.4. The van der Waals surface area contributed by atoms with Gasteiger partial charge in [-0.2, -0.15) is 5.10 Å². The molecule has 11 heteroatoms. The predicted molar refractivity (Wildman–Crippen MR) is 138 cm³/mol. The Morgan fingerprint density at radius 2 is 1.83 bits per heavy atom. The lowest BCUT2D eigenvalue weighted by atomic mass is 10.2. The van der Waals surface area contributed by atoms with Crippen molar-refractivity contribution in [3.63, 3.8) is 0 Å². The number of nitrogens with one attached hydrogen (secondary N) is 1. The number of nitrogens with zero attached hydrogens (tertiary/aromatic N) is 2. The summed E-state index contributed by atoms with van der Waals surface area (Å²) in [5.41, 5.74) is 3.82. The molecule has 3 rings (SSSR count). The van der Waals surface area contributed by atoms with Gasteiger partial charge >= 0.3 is 0 Å². The summed E-state index contributed by atoms with van der Waals surface area (Å²) in [6.45, 7) is 2.35. The number of thioether (sulfide) groups is 1. The van der Waals surface area contributed by atoms with Crippen LogP contribution in [0.4, 0.5) is 5.69 Å². The molecule has 0 aliphatic carbocycles. The molecule has 0 aromatic heterocycles. The number of hydrogen-bond acceptors (Lipinski definition) is 7. The van der Waals surface area contributed by atoms with Crippen molar-refractivity contribution in [2.45, 2.75) is 18.4 Å². The van der Waals surface area contributed by atoms with Crippen LogP contribution in [-0.2, 0) is 11.4 Å². The quantitative estimate of drug-likeness (QED) is 0.138. The Hall–Kier alpha value is -3.27. The van der Waals surface area contributed by atoms with Crippen LogP contribution in [-0.4, -0.2) is 29.4 Å². The summed E-state index contributed by atoms with van der Waals surface area (Å²) in [5, 5.41) is 15.7. The summed E-state index contributed by atoms with van der Waals surface area (Å²) in [5.74, 6) is 0.681. The Bertz CT molecular complexity index is 1210. The fourth-order valence-corrected chi connectivity index (χ4v) is 3.92. The molecule has 35 heavy (non-hydrogen) atoms. The molecule has 0 aliphatic rings. The zero-order chi connectivity index (χ0) is 25.2. The average Bonchev–Trinajstić information content (AvgIpc) is 2.83. The maximum Gasteiger partial charge on any atom is 0.269 e. The van der Waals surface area contributed by atoms with E-state index in [4.69, 9.17) is 32.7 Å². The fraction of sp³-hybridized carbons (Fsp3) is 0.167. The highest BCUT2D eigenvalue weighted by Gasteiger charge is 2.13. The van der Waals surface area contributed by atoms with Gasteiger partial charge in [0.1, 0.15) is 6.61 Å². The number of ether oxygens (including phenoxy) is 2. The van der Waals surface area contributed by atoms with Crippen molar-refractivity contribution in [3.8, 4) is 11.5 Å². The molecule has 0 bridgehead atoms. The smallest absolute Gasteiger partial charge is 0.269 e. The highest BCUT2D eigenvalue weighted by Crippen LogP contribution is 2.37. The van der Waals surface area contributed by atoms with Crippen LogP contribution in [0.3, 0.4) is 0 Å². The van der Waals surface area contributed by atoms with Gasteiger partial charge in [-0.3, -0.25) is 14.9 Å². The lowest BCUT2D eigenvalue weighted by Crippen LogP contribution is -2.19. The van der Waals surface area contributed by atoms with E-state index in [1.807, 2.05) is 19.1 Å². The summed E-state index contributed by atoms with van der Waals surface area (Å²) in [6.07, 6.45) is 1.46. The van der Waals surface area contributed by atoms with Crippen molar-refractivity contribution < 1.29 is 19.2 Å². The monoisotopic (exact) mass is 533 g/mol. The maximum absolute atomic E-state index is 12.1.